The van der Waals surface area contributed by atoms with Crippen molar-refractivity contribution in [3.05, 3.63) is 51.7 Å². The van der Waals surface area contributed by atoms with Crippen LogP contribution in [0.4, 0.5) is 10.5 Å². The van der Waals surface area contributed by atoms with E-state index in [-0.39, 0.29) is 18.5 Å². The average molecular weight is 350 g/mol. The smallest absolute Gasteiger partial charge is 0.325 e. The topological polar surface area (TPSA) is 52.7 Å². The number of rotatable bonds is 5. The number of urea groups is 1. The molecule has 23 heavy (non-hydrogen) atoms. The zero-order valence-corrected chi connectivity index (χ0v) is 13.9. The highest BCUT2D eigenvalue weighted by molar-refractivity contribution is 7.07. The lowest BCUT2D eigenvalue weighted by atomic mass is 10.3. The molecule has 5 nitrogen and oxygen atoms in total. The van der Waals surface area contributed by atoms with Crippen LogP contribution in [0.2, 0.25) is 5.02 Å². The van der Waals surface area contributed by atoms with Gasteiger partial charge in [0.2, 0.25) is 5.91 Å². The quantitative estimate of drug-likeness (QED) is 0.902. The highest BCUT2D eigenvalue weighted by atomic mass is 35.5. The second-order valence-electron chi connectivity index (χ2n) is 5.24. The largest absolute Gasteiger partial charge is 0.350 e. The molecule has 3 rings (SSSR count). The van der Waals surface area contributed by atoms with Crippen LogP contribution in [0.5, 0.6) is 0 Å². The van der Waals surface area contributed by atoms with Gasteiger partial charge in [0.15, 0.2) is 0 Å². The molecule has 7 heteroatoms. The van der Waals surface area contributed by atoms with Gasteiger partial charge in [-0.2, -0.15) is 11.3 Å². The van der Waals surface area contributed by atoms with Crippen molar-refractivity contribution in [2.45, 2.75) is 6.54 Å². The number of benzene rings is 1. The molecule has 0 atom stereocenters. The van der Waals surface area contributed by atoms with Gasteiger partial charge in [0, 0.05) is 30.3 Å². The third-order valence-electron chi connectivity index (χ3n) is 3.64. The van der Waals surface area contributed by atoms with Gasteiger partial charge in [0.1, 0.15) is 6.54 Å². The van der Waals surface area contributed by atoms with E-state index in [4.69, 9.17) is 11.6 Å². The van der Waals surface area contributed by atoms with Crippen molar-refractivity contribution in [3.63, 3.8) is 0 Å². The number of hydrogen-bond donors (Lipinski definition) is 1. The Hall–Kier alpha value is -2.05. The standard InChI is InChI=1S/C16H16ClN3O2S/c17-13-1-3-14(4-2-13)20-7-6-19(16(20)22)10-15(21)18-9-12-5-8-23-11-12/h1-5,8,11H,6-7,9-10H2,(H,18,21). The number of halogens is 1. The molecule has 3 amide bonds. The predicted octanol–water partition coefficient (Wildman–Crippen LogP) is 2.96. The number of amides is 3. The van der Waals surface area contributed by atoms with E-state index >= 15 is 0 Å². The Balaban J connectivity index is 1.54. The van der Waals surface area contributed by atoms with Crippen molar-refractivity contribution in [1.82, 2.24) is 10.2 Å². The minimum atomic E-state index is -0.155. The highest BCUT2D eigenvalue weighted by Gasteiger charge is 2.30. The highest BCUT2D eigenvalue weighted by Crippen LogP contribution is 2.22. The lowest BCUT2D eigenvalue weighted by Crippen LogP contribution is -2.39. The van der Waals surface area contributed by atoms with Gasteiger partial charge >= 0.3 is 6.03 Å². The summed E-state index contributed by atoms with van der Waals surface area (Å²) in [4.78, 5) is 27.6. The van der Waals surface area contributed by atoms with Crippen LogP contribution in [0.15, 0.2) is 41.1 Å². The summed E-state index contributed by atoms with van der Waals surface area (Å²) in [5.74, 6) is -0.150. The first-order valence-electron chi connectivity index (χ1n) is 7.23. The second-order valence-corrected chi connectivity index (χ2v) is 6.46. The first kappa shape index (κ1) is 15.8. The first-order chi connectivity index (χ1) is 11.1. The van der Waals surface area contributed by atoms with Gasteiger partial charge in [0.25, 0.3) is 0 Å². The van der Waals surface area contributed by atoms with Crippen LogP contribution in [-0.4, -0.2) is 36.5 Å². The van der Waals surface area contributed by atoms with Crippen molar-refractivity contribution in [1.29, 1.82) is 0 Å². The normalized spacial score (nSPS) is 14.4. The summed E-state index contributed by atoms with van der Waals surface area (Å²) in [6, 6.07) is 8.92. The molecule has 0 bridgehead atoms. The summed E-state index contributed by atoms with van der Waals surface area (Å²) in [6.45, 7) is 1.67. The van der Waals surface area contributed by atoms with Crippen LogP contribution >= 0.6 is 22.9 Å². The molecule has 1 saturated heterocycles. The van der Waals surface area contributed by atoms with Crippen molar-refractivity contribution in [2.75, 3.05) is 24.5 Å². The van der Waals surface area contributed by atoms with Gasteiger partial charge in [-0.1, -0.05) is 11.6 Å². The van der Waals surface area contributed by atoms with E-state index in [9.17, 15) is 9.59 Å². The minimum Gasteiger partial charge on any atom is -0.350 e. The molecule has 1 aromatic heterocycles. The monoisotopic (exact) mass is 349 g/mol. The Kier molecular flexibility index (Phi) is 4.83. The van der Waals surface area contributed by atoms with Crippen LogP contribution < -0.4 is 10.2 Å². The third kappa shape index (κ3) is 3.83. The Morgan fingerprint density at radius 2 is 2.00 bits per heavy atom. The molecule has 0 unspecified atom stereocenters. The third-order valence-corrected chi connectivity index (χ3v) is 4.62. The van der Waals surface area contributed by atoms with Crippen LogP contribution in [0.25, 0.3) is 0 Å². The zero-order chi connectivity index (χ0) is 16.2. The van der Waals surface area contributed by atoms with Gasteiger partial charge in [-0.3, -0.25) is 9.69 Å². The molecule has 0 radical (unpaired) electrons. The average Bonchev–Trinajstić information content (AvgIpc) is 3.18. The van der Waals surface area contributed by atoms with Crippen molar-refractivity contribution in [3.8, 4) is 0 Å². The molecule has 1 aliphatic rings. The lowest BCUT2D eigenvalue weighted by Gasteiger charge is -2.18. The van der Waals surface area contributed by atoms with E-state index in [1.165, 1.54) is 0 Å². The Morgan fingerprint density at radius 3 is 2.70 bits per heavy atom. The summed E-state index contributed by atoms with van der Waals surface area (Å²) in [5, 5.41) is 7.42. The van der Waals surface area contributed by atoms with E-state index in [1.54, 1.807) is 45.4 Å². The molecule has 0 aliphatic carbocycles. The summed E-state index contributed by atoms with van der Waals surface area (Å²) in [6.07, 6.45) is 0. The zero-order valence-electron chi connectivity index (χ0n) is 12.4. The molecule has 0 saturated carbocycles. The molecule has 2 aromatic rings. The van der Waals surface area contributed by atoms with Crippen molar-refractivity contribution in [2.24, 2.45) is 0 Å². The van der Waals surface area contributed by atoms with Crippen LogP contribution in [0, 0.1) is 0 Å². The Bertz CT molecular complexity index is 688. The fourth-order valence-corrected chi connectivity index (χ4v) is 3.21. The van der Waals surface area contributed by atoms with Gasteiger partial charge in [-0.15, -0.1) is 0 Å². The number of hydrogen-bond acceptors (Lipinski definition) is 3. The van der Waals surface area contributed by atoms with Crippen molar-refractivity contribution < 1.29 is 9.59 Å². The second kappa shape index (κ2) is 7.02. The van der Waals surface area contributed by atoms with Gasteiger partial charge in [-0.05, 0) is 46.7 Å². The number of nitrogens with one attached hydrogen (secondary N) is 1. The molecule has 1 aliphatic heterocycles. The summed E-state index contributed by atoms with van der Waals surface area (Å²) in [5.41, 5.74) is 1.86. The van der Waals surface area contributed by atoms with Crippen LogP contribution in [0.1, 0.15) is 5.56 Å². The Labute approximate surface area is 143 Å². The summed E-state index contributed by atoms with van der Waals surface area (Å²) >= 11 is 7.45. The molecule has 2 heterocycles. The lowest BCUT2D eigenvalue weighted by molar-refractivity contribution is -0.121. The molecule has 1 aromatic carbocycles. The van der Waals surface area contributed by atoms with Gasteiger partial charge in [0.05, 0.1) is 0 Å². The maximum Gasteiger partial charge on any atom is 0.325 e. The molecular formula is C16H16ClN3O2S. The first-order valence-corrected chi connectivity index (χ1v) is 8.55. The molecular weight excluding hydrogens is 334 g/mol. The number of anilines is 1. The fraction of sp³-hybridized carbons (Fsp3) is 0.250. The van der Waals surface area contributed by atoms with E-state index in [2.05, 4.69) is 5.32 Å². The minimum absolute atomic E-state index is 0.0764. The number of thiophene rings is 1. The fourth-order valence-electron chi connectivity index (χ4n) is 2.41. The van der Waals surface area contributed by atoms with Gasteiger partial charge < -0.3 is 10.2 Å². The number of carbonyl (C=O) groups excluding carboxylic acids is 2. The number of carbonyl (C=O) groups is 2. The Morgan fingerprint density at radius 1 is 1.22 bits per heavy atom. The maximum absolute atomic E-state index is 12.4. The van der Waals surface area contributed by atoms with Gasteiger partial charge in [-0.25, -0.2) is 4.79 Å². The summed E-state index contributed by atoms with van der Waals surface area (Å²) < 4.78 is 0. The summed E-state index contributed by atoms with van der Waals surface area (Å²) in [7, 11) is 0. The van der Waals surface area contributed by atoms with Crippen LogP contribution in [0.3, 0.4) is 0 Å². The predicted molar refractivity (Wildman–Crippen MR) is 91.9 cm³/mol. The molecule has 0 spiro atoms. The molecule has 120 valence electrons. The van der Waals surface area contributed by atoms with E-state index in [0.29, 0.717) is 24.7 Å². The van der Waals surface area contributed by atoms with E-state index in [0.717, 1.165) is 11.3 Å². The molecule has 1 fully saturated rings. The van der Waals surface area contributed by atoms with Crippen molar-refractivity contribution >= 4 is 40.6 Å². The van der Waals surface area contributed by atoms with E-state index < -0.39 is 0 Å². The van der Waals surface area contributed by atoms with E-state index in [1.807, 2.05) is 16.8 Å². The molecule has 1 N–H and O–H groups in total. The SMILES string of the molecule is O=C(CN1CCN(c2ccc(Cl)cc2)C1=O)NCc1ccsc1. The maximum atomic E-state index is 12.4. The number of nitrogens with zero attached hydrogens (tertiary/aromatic N) is 2. The van der Waals surface area contributed by atoms with Crippen LogP contribution in [-0.2, 0) is 11.3 Å².